The third kappa shape index (κ3) is 4.83. The third-order valence-electron chi connectivity index (χ3n) is 2.28. The van der Waals surface area contributed by atoms with Crippen LogP contribution in [0, 0.1) is 0 Å². The van der Waals surface area contributed by atoms with E-state index in [1.165, 1.54) is 0 Å². The van der Waals surface area contributed by atoms with Crippen molar-refractivity contribution in [2.24, 2.45) is 17.9 Å². The Morgan fingerprint density at radius 1 is 1.65 bits per heavy atom. The van der Waals surface area contributed by atoms with Gasteiger partial charge in [-0.2, -0.15) is 5.10 Å². The van der Waals surface area contributed by atoms with Crippen molar-refractivity contribution >= 4 is 5.96 Å². The molecule has 0 radical (unpaired) electrons. The van der Waals surface area contributed by atoms with Gasteiger partial charge in [0.1, 0.15) is 0 Å². The predicted molar refractivity (Wildman–Crippen MR) is 66.2 cm³/mol. The molecule has 1 rings (SSSR count). The number of hydrogen-bond donors (Lipinski definition) is 3. The Labute approximate surface area is 101 Å². The summed E-state index contributed by atoms with van der Waals surface area (Å²) in [7, 11) is 3.56. The maximum absolute atomic E-state index is 5.37. The average molecular weight is 240 g/mol. The van der Waals surface area contributed by atoms with Crippen LogP contribution in [0.1, 0.15) is 12.1 Å². The van der Waals surface area contributed by atoms with E-state index in [-0.39, 0.29) is 0 Å². The van der Waals surface area contributed by atoms with Crippen molar-refractivity contribution in [1.29, 1.82) is 0 Å². The molecule has 0 atom stereocenters. The second kappa shape index (κ2) is 7.64. The molecule has 1 aromatic heterocycles. The van der Waals surface area contributed by atoms with E-state index in [1.807, 2.05) is 13.1 Å². The number of guanidine groups is 1. The van der Waals surface area contributed by atoms with Gasteiger partial charge in [-0.15, -0.1) is 0 Å². The van der Waals surface area contributed by atoms with Crippen LogP contribution in [0.4, 0.5) is 0 Å². The highest BCUT2D eigenvalue weighted by Crippen LogP contribution is 1.97. The molecule has 0 saturated carbocycles. The fourth-order valence-corrected chi connectivity index (χ4v) is 1.29. The number of nitrogens with two attached hydrogens (primary N) is 1. The number of methoxy groups -OCH3 is 1. The van der Waals surface area contributed by atoms with Crippen LogP contribution < -0.4 is 16.6 Å². The Morgan fingerprint density at radius 3 is 3.06 bits per heavy atom. The van der Waals surface area contributed by atoms with E-state index in [1.54, 1.807) is 18.0 Å². The molecule has 1 aromatic rings. The highest BCUT2D eigenvalue weighted by atomic mass is 16.5. The number of aliphatic imine (C=N–C) groups is 1. The smallest absolute Gasteiger partial charge is 0.206 e. The molecule has 0 aliphatic rings. The maximum Gasteiger partial charge on any atom is 0.206 e. The van der Waals surface area contributed by atoms with E-state index in [0.717, 1.165) is 18.7 Å². The first kappa shape index (κ1) is 13.5. The number of aryl methyl sites for hydroxylation is 1. The highest BCUT2D eigenvalue weighted by Gasteiger charge is 1.99. The molecule has 4 N–H and O–H groups in total. The Bertz CT molecular complexity index is 348. The molecule has 0 spiro atoms. The highest BCUT2D eigenvalue weighted by molar-refractivity contribution is 5.79. The third-order valence-corrected chi connectivity index (χ3v) is 2.28. The second-order valence-electron chi connectivity index (χ2n) is 3.53. The van der Waals surface area contributed by atoms with Gasteiger partial charge in [-0.3, -0.25) is 10.1 Å². The first-order valence-electron chi connectivity index (χ1n) is 5.48. The number of rotatable bonds is 6. The first-order chi connectivity index (χ1) is 8.27. The molecule has 0 amide bonds. The van der Waals surface area contributed by atoms with Crippen LogP contribution in [-0.4, -0.2) is 36.0 Å². The van der Waals surface area contributed by atoms with Crippen LogP contribution >= 0.6 is 0 Å². The van der Waals surface area contributed by atoms with Crippen LogP contribution in [0.25, 0.3) is 0 Å². The molecular formula is C10H20N6O. The largest absolute Gasteiger partial charge is 0.385 e. The number of hydrazine groups is 1. The molecule has 0 bridgehead atoms. The van der Waals surface area contributed by atoms with E-state index in [2.05, 4.69) is 20.8 Å². The lowest BCUT2D eigenvalue weighted by Gasteiger charge is -2.08. The van der Waals surface area contributed by atoms with Gasteiger partial charge >= 0.3 is 0 Å². The average Bonchev–Trinajstić information content (AvgIpc) is 2.74. The predicted octanol–water partition coefficient (Wildman–Crippen LogP) is -0.634. The van der Waals surface area contributed by atoms with Gasteiger partial charge in [0.2, 0.25) is 5.96 Å². The maximum atomic E-state index is 5.37. The van der Waals surface area contributed by atoms with Crippen molar-refractivity contribution in [3.05, 3.63) is 18.0 Å². The minimum atomic E-state index is 0.535. The molecule has 1 heterocycles. The van der Waals surface area contributed by atoms with Gasteiger partial charge in [0.05, 0.1) is 12.2 Å². The van der Waals surface area contributed by atoms with Crippen molar-refractivity contribution in [1.82, 2.24) is 20.5 Å². The molecule has 96 valence electrons. The Kier molecular flexibility index (Phi) is 6.05. The van der Waals surface area contributed by atoms with Gasteiger partial charge in [-0.05, 0) is 12.5 Å². The summed E-state index contributed by atoms with van der Waals surface area (Å²) < 4.78 is 6.73. The molecule has 7 heteroatoms. The quantitative estimate of drug-likeness (QED) is 0.202. The standard InChI is InChI=1S/C10H20N6O/c1-16-9(4-6-14-16)8-13-10(15-11)12-5-3-7-17-2/h4,6H,3,5,7-8,11H2,1-2H3,(H2,12,13,15). The van der Waals surface area contributed by atoms with Crippen LogP contribution in [0.3, 0.4) is 0 Å². The fourth-order valence-electron chi connectivity index (χ4n) is 1.29. The summed E-state index contributed by atoms with van der Waals surface area (Å²) in [6.45, 7) is 2.02. The van der Waals surface area contributed by atoms with Crippen molar-refractivity contribution in [2.75, 3.05) is 20.3 Å². The normalized spacial score (nSPS) is 11.6. The van der Waals surface area contributed by atoms with E-state index in [9.17, 15) is 0 Å². The number of nitrogens with zero attached hydrogens (tertiary/aromatic N) is 3. The molecule has 17 heavy (non-hydrogen) atoms. The van der Waals surface area contributed by atoms with Crippen LogP contribution in [0.5, 0.6) is 0 Å². The fraction of sp³-hybridized carbons (Fsp3) is 0.600. The first-order valence-corrected chi connectivity index (χ1v) is 5.48. The summed E-state index contributed by atoms with van der Waals surface area (Å²) >= 11 is 0. The molecule has 0 aromatic carbocycles. The molecule has 0 aliphatic heterocycles. The minimum absolute atomic E-state index is 0.535. The van der Waals surface area contributed by atoms with Gasteiger partial charge in [-0.25, -0.2) is 10.8 Å². The van der Waals surface area contributed by atoms with Crippen LogP contribution in [0.15, 0.2) is 17.3 Å². The van der Waals surface area contributed by atoms with Crippen molar-refractivity contribution < 1.29 is 4.74 Å². The minimum Gasteiger partial charge on any atom is -0.385 e. The number of aromatic nitrogens is 2. The van der Waals surface area contributed by atoms with Crippen molar-refractivity contribution in [2.45, 2.75) is 13.0 Å². The Balaban J connectivity index is 2.36. The summed E-state index contributed by atoms with van der Waals surface area (Å²) in [5.41, 5.74) is 3.55. The zero-order chi connectivity index (χ0) is 12.5. The van der Waals surface area contributed by atoms with Gasteiger partial charge in [-0.1, -0.05) is 0 Å². The summed E-state index contributed by atoms with van der Waals surface area (Å²) in [6.07, 6.45) is 2.65. The topological polar surface area (TPSA) is 89.5 Å². The van der Waals surface area contributed by atoms with Gasteiger partial charge in [0, 0.05) is 33.5 Å². The number of hydrogen-bond acceptors (Lipinski definition) is 4. The lowest BCUT2D eigenvalue weighted by Crippen LogP contribution is -2.42. The lowest BCUT2D eigenvalue weighted by molar-refractivity contribution is 0.195. The van der Waals surface area contributed by atoms with E-state index >= 15 is 0 Å². The van der Waals surface area contributed by atoms with Crippen LogP contribution in [-0.2, 0) is 18.3 Å². The second-order valence-corrected chi connectivity index (χ2v) is 3.53. The molecule has 7 nitrogen and oxygen atoms in total. The molecule has 0 saturated heterocycles. The van der Waals surface area contributed by atoms with Gasteiger partial charge < -0.3 is 10.1 Å². The molecule has 0 aliphatic carbocycles. The molecule has 0 unspecified atom stereocenters. The number of ether oxygens (including phenoxy) is 1. The monoisotopic (exact) mass is 240 g/mol. The Hall–Kier alpha value is -1.60. The van der Waals surface area contributed by atoms with E-state index in [0.29, 0.717) is 19.1 Å². The summed E-state index contributed by atoms with van der Waals surface area (Å²) in [5.74, 6) is 5.94. The molecule has 0 fully saturated rings. The SMILES string of the molecule is COCCCNC(=NCc1ccnn1C)NN. The van der Waals surface area contributed by atoms with E-state index < -0.39 is 0 Å². The summed E-state index contributed by atoms with van der Waals surface area (Å²) in [4.78, 5) is 4.31. The van der Waals surface area contributed by atoms with Crippen LogP contribution in [0.2, 0.25) is 0 Å². The molecular weight excluding hydrogens is 220 g/mol. The summed E-state index contributed by atoms with van der Waals surface area (Å²) in [5, 5.41) is 7.16. The zero-order valence-corrected chi connectivity index (χ0v) is 10.3. The Morgan fingerprint density at radius 2 is 2.47 bits per heavy atom. The van der Waals surface area contributed by atoms with Crippen molar-refractivity contribution in [3.63, 3.8) is 0 Å². The lowest BCUT2D eigenvalue weighted by atomic mass is 10.4. The van der Waals surface area contributed by atoms with Gasteiger partial charge in [0.15, 0.2) is 0 Å². The van der Waals surface area contributed by atoms with Crippen molar-refractivity contribution in [3.8, 4) is 0 Å². The number of nitrogens with one attached hydrogen (secondary N) is 2. The van der Waals surface area contributed by atoms with E-state index in [4.69, 9.17) is 10.6 Å². The zero-order valence-electron chi connectivity index (χ0n) is 10.3. The van der Waals surface area contributed by atoms with Gasteiger partial charge in [0.25, 0.3) is 0 Å². The summed E-state index contributed by atoms with van der Waals surface area (Å²) in [6, 6.07) is 1.92.